The number of amides is 1. The Bertz CT molecular complexity index is 634. The maximum absolute atomic E-state index is 12.0. The monoisotopic (exact) mass is 288 g/mol. The average molecular weight is 288 g/mol. The summed E-state index contributed by atoms with van der Waals surface area (Å²) in [5.74, 6) is -1.56. The van der Waals surface area contributed by atoms with Crippen molar-refractivity contribution in [3.63, 3.8) is 0 Å². The summed E-state index contributed by atoms with van der Waals surface area (Å²) in [7, 11) is 0. The van der Waals surface area contributed by atoms with Gasteiger partial charge in [-0.25, -0.2) is 9.78 Å². The van der Waals surface area contributed by atoms with E-state index in [4.69, 9.17) is 9.52 Å². The Kier molecular flexibility index (Phi) is 4.37. The SMILES string of the molecule is CC(C)[C@@H](NC(=O)c1coc(-c2ccccc2)n1)C(=O)O. The number of carboxylic acids is 1. The van der Waals surface area contributed by atoms with Crippen LogP contribution in [0.1, 0.15) is 24.3 Å². The van der Waals surface area contributed by atoms with Gasteiger partial charge in [0.15, 0.2) is 5.69 Å². The molecule has 0 aliphatic carbocycles. The molecular weight excluding hydrogens is 272 g/mol. The number of aromatic nitrogens is 1. The first-order chi connectivity index (χ1) is 9.99. The number of nitrogens with zero attached hydrogens (tertiary/aromatic N) is 1. The van der Waals surface area contributed by atoms with Gasteiger partial charge in [0.1, 0.15) is 12.3 Å². The van der Waals surface area contributed by atoms with Crippen LogP contribution in [-0.2, 0) is 4.79 Å². The molecule has 21 heavy (non-hydrogen) atoms. The fourth-order valence-electron chi connectivity index (χ4n) is 1.82. The van der Waals surface area contributed by atoms with E-state index in [0.717, 1.165) is 5.56 Å². The summed E-state index contributed by atoms with van der Waals surface area (Å²) in [6, 6.07) is 8.18. The smallest absolute Gasteiger partial charge is 0.326 e. The van der Waals surface area contributed by atoms with Gasteiger partial charge in [-0.2, -0.15) is 0 Å². The predicted octanol–water partition coefficient (Wildman–Crippen LogP) is 2.18. The summed E-state index contributed by atoms with van der Waals surface area (Å²) in [5, 5.41) is 11.5. The maximum atomic E-state index is 12.0. The molecule has 0 bridgehead atoms. The number of oxazole rings is 1. The van der Waals surface area contributed by atoms with E-state index in [1.807, 2.05) is 30.3 Å². The molecule has 0 saturated heterocycles. The Hall–Kier alpha value is -2.63. The molecular formula is C15H16N2O4. The largest absolute Gasteiger partial charge is 0.480 e. The molecule has 0 aliphatic heterocycles. The van der Waals surface area contributed by atoms with E-state index >= 15 is 0 Å². The van der Waals surface area contributed by atoms with Gasteiger partial charge in [0.05, 0.1) is 0 Å². The van der Waals surface area contributed by atoms with Crippen molar-refractivity contribution in [2.24, 2.45) is 5.92 Å². The minimum absolute atomic E-state index is 0.0563. The lowest BCUT2D eigenvalue weighted by Crippen LogP contribution is -2.44. The summed E-state index contributed by atoms with van der Waals surface area (Å²) in [6.07, 6.45) is 1.22. The number of rotatable bonds is 5. The van der Waals surface area contributed by atoms with Gasteiger partial charge in [-0.05, 0) is 18.1 Å². The topological polar surface area (TPSA) is 92.4 Å². The molecule has 1 atom stereocenters. The zero-order valence-corrected chi connectivity index (χ0v) is 11.7. The number of benzene rings is 1. The Morgan fingerprint density at radius 1 is 1.24 bits per heavy atom. The third-order valence-electron chi connectivity index (χ3n) is 2.98. The van der Waals surface area contributed by atoms with Crippen LogP contribution in [0.15, 0.2) is 41.0 Å². The zero-order valence-electron chi connectivity index (χ0n) is 11.7. The van der Waals surface area contributed by atoms with E-state index < -0.39 is 17.9 Å². The molecule has 1 amide bonds. The molecule has 0 unspecified atom stereocenters. The molecule has 6 heteroatoms. The molecule has 2 aromatic rings. The Labute approximate surface area is 121 Å². The minimum atomic E-state index is -1.08. The normalized spacial score (nSPS) is 12.1. The molecule has 0 fully saturated rings. The van der Waals surface area contributed by atoms with Crippen LogP contribution in [0, 0.1) is 5.92 Å². The van der Waals surface area contributed by atoms with Crippen LogP contribution < -0.4 is 5.32 Å². The third kappa shape index (κ3) is 3.47. The van der Waals surface area contributed by atoms with E-state index in [9.17, 15) is 9.59 Å². The Morgan fingerprint density at radius 2 is 1.90 bits per heavy atom. The van der Waals surface area contributed by atoms with Crippen molar-refractivity contribution in [2.45, 2.75) is 19.9 Å². The molecule has 1 heterocycles. The van der Waals surface area contributed by atoms with Gasteiger partial charge < -0.3 is 14.8 Å². The number of nitrogens with one attached hydrogen (secondary N) is 1. The van der Waals surface area contributed by atoms with Crippen LogP contribution in [0.2, 0.25) is 0 Å². The van der Waals surface area contributed by atoms with Crippen LogP contribution in [0.25, 0.3) is 11.5 Å². The van der Waals surface area contributed by atoms with Crippen molar-refractivity contribution in [3.05, 3.63) is 42.3 Å². The highest BCUT2D eigenvalue weighted by molar-refractivity contribution is 5.95. The number of carbonyl (C=O) groups is 2. The van der Waals surface area contributed by atoms with Crippen LogP contribution in [0.4, 0.5) is 0 Å². The van der Waals surface area contributed by atoms with Crippen LogP contribution in [0.3, 0.4) is 0 Å². The van der Waals surface area contributed by atoms with Crippen molar-refractivity contribution in [1.29, 1.82) is 0 Å². The molecule has 0 aliphatic rings. The molecule has 0 saturated carbocycles. The standard InChI is InChI=1S/C15H16N2O4/c1-9(2)12(15(19)20)17-13(18)11-8-21-14(16-11)10-6-4-3-5-7-10/h3-9,12H,1-2H3,(H,17,18)(H,19,20)/t12-/m1/s1. The predicted molar refractivity (Wildman–Crippen MR) is 75.7 cm³/mol. The van der Waals surface area contributed by atoms with Gasteiger partial charge in [0.2, 0.25) is 5.89 Å². The fraction of sp³-hybridized carbons (Fsp3) is 0.267. The zero-order chi connectivity index (χ0) is 15.4. The first kappa shape index (κ1) is 14.8. The summed E-state index contributed by atoms with van der Waals surface area (Å²) >= 11 is 0. The molecule has 1 aromatic heterocycles. The van der Waals surface area contributed by atoms with E-state index in [0.29, 0.717) is 5.89 Å². The van der Waals surface area contributed by atoms with Crippen LogP contribution in [0.5, 0.6) is 0 Å². The first-order valence-corrected chi connectivity index (χ1v) is 6.53. The highest BCUT2D eigenvalue weighted by Gasteiger charge is 2.25. The lowest BCUT2D eigenvalue weighted by molar-refractivity contribution is -0.140. The second-order valence-corrected chi connectivity index (χ2v) is 4.94. The van der Waals surface area contributed by atoms with Crippen molar-refractivity contribution < 1.29 is 19.1 Å². The fourth-order valence-corrected chi connectivity index (χ4v) is 1.82. The van der Waals surface area contributed by atoms with Gasteiger partial charge >= 0.3 is 5.97 Å². The Balaban J connectivity index is 2.14. The molecule has 2 N–H and O–H groups in total. The minimum Gasteiger partial charge on any atom is -0.480 e. The van der Waals surface area contributed by atoms with Crippen molar-refractivity contribution in [3.8, 4) is 11.5 Å². The first-order valence-electron chi connectivity index (χ1n) is 6.53. The molecule has 0 spiro atoms. The lowest BCUT2D eigenvalue weighted by atomic mass is 10.0. The van der Waals surface area contributed by atoms with Gasteiger partial charge in [-0.3, -0.25) is 4.79 Å². The van der Waals surface area contributed by atoms with Crippen molar-refractivity contribution >= 4 is 11.9 Å². The number of aliphatic carboxylic acids is 1. The van der Waals surface area contributed by atoms with Crippen molar-refractivity contribution in [2.75, 3.05) is 0 Å². The van der Waals surface area contributed by atoms with Gasteiger partial charge in [0, 0.05) is 5.56 Å². The van der Waals surface area contributed by atoms with Gasteiger partial charge in [-0.15, -0.1) is 0 Å². The van der Waals surface area contributed by atoms with Crippen LogP contribution >= 0.6 is 0 Å². The maximum Gasteiger partial charge on any atom is 0.326 e. The van der Waals surface area contributed by atoms with E-state index in [1.54, 1.807) is 13.8 Å². The number of hydrogen-bond acceptors (Lipinski definition) is 4. The molecule has 1 aromatic carbocycles. The highest BCUT2D eigenvalue weighted by atomic mass is 16.4. The molecule has 6 nitrogen and oxygen atoms in total. The summed E-state index contributed by atoms with van der Waals surface area (Å²) in [4.78, 5) is 27.2. The summed E-state index contributed by atoms with van der Waals surface area (Å²) in [5.41, 5.74) is 0.802. The van der Waals surface area contributed by atoms with E-state index in [1.165, 1.54) is 6.26 Å². The number of carboxylic acid groups (broad SMARTS) is 1. The number of hydrogen-bond donors (Lipinski definition) is 2. The number of carbonyl (C=O) groups excluding carboxylic acids is 1. The Morgan fingerprint density at radius 3 is 2.48 bits per heavy atom. The van der Waals surface area contributed by atoms with E-state index in [2.05, 4.69) is 10.3 Å². The van der Waals surface area contributed by atoms with Crippen LogP contribution in [-0.4, -0.2) is 28.0 Å². The van der Waals surface area contributed by atoms with Gasteiger partial charge in [-0.1, -0.05) is 32.0 Å². The molecule has 2 rings (SSSR count). The van der Waals surface area contributed by atoms with Crippen molar-refractivity contribution in [1.82, 2.24) is 10.3 Å². The highest BCUT2D eigenvalue weighted by Crippen LogP contribution is 2.18. The quantitative estimate of drug-likeness (QED) is 0.879. The second kappa shape index (κ2) is 6.21. The average Bonchev–Trinajstić information content (AvgIpc) is 2.94. The lowest BCUT2D eigenvalue weighted by Gasteiger charge is -2.16. The summed E-state index contributed by atoms with van der Waals surface area (Å²) in [6.45, 7) is 3.44. The molecule has 110 valence electrons. The second-order valence-electron chi connectivity index (χ2n) is 4.94. The molecule has 0 radical (unpaired) electrons. The third-order valence-corrected chi connectivity index (χ3v) is 2.98. The van der Waals surface area contributed by atoms with Gasteiger partial charge in [0.25, 0.3) is 5.91 Å². The summed E-state index contributed by atoms with van der Waals surface area (Å²) < 4.78 is 5.25. The van der Waals surface area contributed by atoms with E-state index in [-0.39, 0.29) is 11.6 Å².